The summed E-state index contributed by atoms with van der Waals surface area (Å²) in [4.78, 5) is 36.7. The average Bonchev–Trinajstić information content (AvgIpc) is 3.69. The van der Waals surface area contributed by atoms with Crippen molar-refractivity contribution in [1.82, 2.24) is 19.5 Å². The molecule has 2 aromatic rings. The molecule has 258 valence electrons. The summed E-state index contributed by atoms with van der Waals surface area (Å²) in [5.74, 6) is 2.69. The largest absolute Gasteiger partial charge is 0.465 e. The minimum atomic E-state index is -0.734. The van der Waals surface area contributed by atoms with Crippen LogP contribution in [-0.4, -0.2) is 65.7 Å². The molecule has 2 heterocycles. The standard InChI is InChI=1S/C37H54N4O6/c1-19(26-9-10-27-24-8-7-22-14-23(42)12-13-36(22,4)28(24)15-31(44)37(26,27)5)6-11-32(45)47-17-25-20(2)29(16-30(25)43)41-18-38-33-34(41)39-21(3)40-35(33)46/h18-19,22-31,42-44H,2,6-17H2,1,3-5H3,(H,39,40,46)/t19-,22-,23-,24?,25+,26-,27?,28?,29+,30+,31+,36+,37-/m1/s1. The van der Waals surface area contributed by atoms with Gasteiger partial charge in [0.05, 0.1) is 30.7 Å². The van der Waals surface area contributed by atoms with Crippen LogP contribution in [0.5, 0.6) is 0 Å². The van der Waals surface area contributed by atoms with Gasteiger partial charge in [0, 0.05) is 12.3 Å². The molecular formula is C37H54N4O6. The van der Waals surface area contributed by atoms with Crippen molar-refractivity contribution in [1.29, 1.82) is 0 Å². The van der Waals surface area contributed by atoms with E-state index in [1.54, 1.807) is 17.8 Å². The number of nitrogens with one attached hydrogen (secondary N) is 1. The first-order valence-corrected chi connectivity index (χ1v) is 18.1. The van der Waals surface area contributed by atoms with E-state index >= 15 is 0 Å². The first-order chi connectivity index (χ1) is 22.3. The van der Waals surface area contributed by atoms with Gasteiger partial charge in [-0.05, 0) is 123 Å². The fourth-order valence-corrected chi connectivity index (χ4v) is 11.8. The van der Waals surface area contributed by atoms with Crippen molar-refractivity contribution in [3.8, 4) is 0 Å². The predicted molar refractivity (Wildman–Crippen MR) is 177 cm³/mol. The first-order valence-electron chi connectivity index (χ1n) is 18.1. The van der Waals surface area contributed by atoms with E-state index in [0.29, 0.717) is 60.3 Å². The number of carbonyl (C=O) groups excluding carboxylic acids is 1. The number of carbonyl (C=O) groups is 1. The van der Waals surface area contributed by atoms with Crippen molar-refractivity contribution < 1.29 is 24.9 Å². The lowest BCUT2D eigenvalue weighted by Crippen LogP contribution is -2.58. The Labute approximate surface area is 277 Å². The molecule has 0 aliphatic heterocycles. The Morgan fingerprint density at radius 1 is 1.13 bits per heavy atom. The second-order valence-electron chi connectivity index (χ2n) is 16.6. The van der Waals surface area contributed by atoms with E-state index in [9.17, 15) is 24.9 Å². The van der Waals surface area contributed by atoms with Gasteiger partial charge in [-0.1, -0.05) is 27.4 Å². The highest BCUT2D eigenvalue weighted by molar-refractivity contribution is 5.70. The molecule has 5 fully saturated rings. The molecule has 0 saturated heterocycles. The number of aryl methyl sites for hydroxylation is 1. The number of aliphatic hydroxyl groups is 3. The van der Waals surface area contributed by atoms with Crippen molar-refractivity contribution in [2.45, 2.75) is 123 Å². The third kappa shape index (κ3) is 5.32. The maximum Gasteiger partial charge on any atom is 0.305 e. The van der Waals surface area contributed by atoms with Gasteiger partial charge in [0.2, 0.25) is 0 Å². The Hall–Kier alpha value is -2.56. The van der Waals surface area contributed by atoms with Crippen molar-refractivity contribution in [3.05, 3.63) is 34.7 Å². The number of hydrogen-bond donors (Lipinski definition) is 4. The third-order valence-electron chi connectivity index (χ3n) is 14.5. The van der Waals surface area contributed by atoms with E-state index in [4.69, 9.17) is 4.74 Å². The molecule has 3 unspecified atom stereocenters. The Balaban J connectivity index is 0.948. The summed E-state index contributed by atoms with van der Waals surface area (Å²) < 4.78 is 7.53. The molecule has 5 saturated carbocycles. The Morgan fingerprint density at radius 3 is 2.70 bits per heavy atom. The molecule has 0 amide bonds. The molecule has 5 aliphatic rings. The van der Waals surface area contributed by atoms with Crippen molar-refractivity contribution in [2.24, 2.45) is 52.3 Å². The van der Waals surface area contributed by atoms with Crippen molar-refractivity contribution in [2.75, 3.05) is 6.61 Å². The number of aliphatic hydroxyl groups excluding tert-OH is 3. The Bertz CT molecular complexity index is 1590. The van der Waals surface area contributed by atoms with E-state index < -0.39 is 12.0 Å². The number of ether oxygens (including phenoxy) is 1. The number of fused-ring (bicyclic) bond motifs is 6. The number of aromatic amines is 1. The summed E-state index contributed by atoms with van der Waals surface area (Å²) >= 11 is 0. The van der Waals surface area contributed by atoms with E-state index in [0.717, 1.165) is 44.1 Å². The van der Waals surface area contributed by atoms with Gasteiger partial charge in [-0.15, -0.1) is 0 Å². The summed E-state index contributed by atoms with van der Waals surface area (Å²) in [6, 6.07) is -0.299. The van der Waals surface area contributed by atoms with Gasteiger partial charge in [-0.2, -0.15) is 0 Å². The normalized spacial score (nSPS) is 42.1. The Morgan fingerprint density at radius 2 is 1.91 bits per heavy atom. The van der Waals surface area contributed by atoms with Crippen LogP contribution in [0.1, 0.15) is 103 Å². The van der Waals surface area contributed by atoms with Gasteiger partial charge >= 0.3 is 5.97 Å². The van der Waals surface area contributed by atoms with Crippen LogP contribution in [0.4, 0.5) is 0 Å². The third-order valence-corrected chi connectivity index (χ3v) is 14.5. The van der Waals surface area contributed by atoms with Crippen LogP contribution in [0.2, 0.25) is 0 Å². The number of aromatic nitrogens is 4. The highest BCUT2D eigenvalue weighted by atomic mass is 16.5. The zero-order valence-corrected chi connectivity index (χ0v) is 28.5. The minimum absolute atomic E-state index is 0.0607. The van der Waals surface area contributed by atoms with Gasteiger partial charge in [-0.25, -0.2) is 9.97 Å². The lowest BCUT2D eigenvalue weighted by molar-refractivity contribution is -0.175. The number of imidazole rings is 1. The monoisotopic (exact) mass is 650 g/mol. The van der Waals surface area contributed by atoms with Crippen LogP contribution < -0.4 is 5.56 Å². The fourth-order valence-electron chi connectivity index (χ4n) is 11.8. The molecule has 0 spiro atoms. The van der Waals surface area contributed by atoms with Crippen molar-refractivity contribution in [3.63, 3.8) is 0 Å². The molecule has 2 aromatic heterocycles. The van der Waals surface area contributed by atoms with E-state index in [1.165, 1.54) is 12.8 Å². The zero-order valence-electron chi connectivity index (χ0n) is 28.5. The number of nitrogens with zero attached hydrogens (tertiary/aromatic N) is 3. The summed E-state index contributed by atoms with van der Waals surface area (Å²) in [6.07, 6.45) is 10.1. The molecule has 0 bridgehead atoms. The average molecular weight is 651 g/mol. The smallest absolute Gasteiger partial charge is 0.305 e. The number of hydrogen-bond acceptors (Lipinski definition) is 8. The molecule has 0 radical (unpaired) electrons. The lowest BCUT2D eigenvalue weighted by atomic mass is 9.43. The van der Waals surface area contributed by atoms with E-state index in [-0.39, 0.29) is 58.6 Å². The van der Waals surface area contributed by atoms with Gasteiger partial charge in [0.1, 0.15) is 12.4 Å². The molecular weight excluding hydrogens is 596 g/mol. The van der Waals surface area contributed by atoms with Crippen LogP contribution in [0.15, 0.2) is 23.3 Å². The van der Waals surface area contributed by atoms with E-state index in [1.807, 2.05) is 0 Å². The van der Waals surface area contributed by atoms with Gasteiger partial charge in [0.25, 0.3) is 5.56 Å². The SMILES string of the molecule is C=C1[C@H](COC(=O)CC[C@@H](C)[C@H]2CCC3C4CC[C@@H]5C[C@H](O)CC[C@]5(C)C4C[C@H](O)[C@@]32C)[C@@H](O)C[C@@H]1n1cnc2c(=O)[nH]c(C)nc21. The molecule has 5 aliphatic carbocycles. The Kier molecular flexibility index (Phi) is 8.48. The van der Waals surface area contributed by atoms with Crippen LogP contribution in [0.3, 0.4) is 0 Å². The fraction of sp³-hybridized carbons (Fsp3) is 0.784. The maximum absolute atomic E-state index is 13.0. The number of H-pyrrole nitrogens is 1. The van der Waals surface area contributed by atoms with Gasteiger partial charge in [-0.3, -0.25) is 9.59 Å². The quantitative estimate of drug-likeness (QED) is 0.245. The first kappa shape index (κ1) is 33.0. The predicted octanol–water partition coefficient (Wildman–Crippen LogP) is 4.86. The van der Waals surface area contributed by atoms with Crippen LogP contribution in [-0.2, 0) is 9.53 Å². The lowest BCUT2D eigenvalue weighted by Gasteiger charge is -2.62. The molecule has 13 atom stereocenters. The number of rotatable bonds is 7. The van der Waals surface area contributed by atoms with Crippen LogP contribution in [0.25, 0.3) is 11.2 Å². The second-order valence-corrected chi connectivity index (χ2v) is 16.6. The number of esters is 1. The van der Waals surface area contributed by atoms with Crippen LogP contribution in [0, 0.1) is 59.2 Å². The highest BCUT2D eigenvalue weighted by Crippen LogP contribution is 2.68. The molecule has 7 rings (SSSR count). The molecule has 0 aromatic carbocycles. The second kappa shape index (κ2) is 12.1. The molecule has 47 heavy (non-hydrogen) atoms. The topological polar surface area (TPSA) is 151 Å². The zero-order chi connectivity index (χ0) is 33.4. The summed E-state index contributed by atoms with van der Waals surface area (Å²) in [7, 11) is 0. The molecule has 4 N–H and O–H groups in total. The summed E-state index contributed by atoms with van der Waals surface area (Å²) in [5, 5.41) is 33.2. The summed E-state index contributed by atoms with van der Waals surface area (Å²) in [6.45, 7) is 13.1. The van der Waals surface area contributed by atoms with Gasteiger partial charge < -0.3 is 29.6 Å². The van der Waals surface area contributed by atoms with Crippen LogP contribution >= 0.6 is 0 Å². The van der Waals surface area contributed by atoms with Gasteiger partial charge in [0.15, 0.2) is 11.2 Å². The minimum Gasteiger partial charge on any atom is -0.465 e. The van der Waals surface area contributed by atoms with Crippen molar-refractivity contribution >= 4 is 17.1 Å². The maximum atomic E-state index is 13.0. The van der Waals surface area contributed by atoms with E-state index in [2.05, 4.69) is 42.3 Å². The molecule has 10 heteroatoms. The molecule has 10 nitrogen and oxygen atoms in total. The highest BCUT2D eigenvalue weighted by Gasteiger charge is 2.63. The summed E-state index contributed by atoms with van der Waals surface area (Å²) in [5.41, 5.74) is 1.21.